The highest BCUT2D eigenvalue weighted by molar-refractivity contribution is 5.54. The van der Waals surface area contributed by atoms with Crippen molar-refractivity contribution < 1.29 is 9.47 Å². The third-order valence-corrected chi connectivity index (χ3v) is 3.68. The van der Waals surface area contributed by atoms with Crippen molar-refractivity contribution in [3.8, 4) is 11.5 Å². The summed E-state index contributed by atoms with van der Waals surface area (Å²) in [6, 6.07) is 14.2. The fourth-order valence-electron chi connectivity index (χ4n) is 2.43. The van der Waals surface area contributed by atoms with Crippen molar-refractivity contribution in [1.82, 2.24) is 5.32 Å². The first-order valence-corrected chi connectivity index (χ1v) is 8.07. The Morgan fingerprint density at radius 1 is 1.04 bits per heavy atom. The lowest BCUT2D eigenvalue weighted by Gasteiger charge is -2.09. The summed E-state index contributed by atoms with van der Waals surface area (Å²) in [5, 5.41) is 3.46. The summed E-state index contributed by atoms with van der Waals surface area (Å²) in [4.78, 5) is 0. The lowest BCUT2D eigenvalue weighted by atomic mass is 10.1. The maximum absolute atomic E-state index is 5.99. The van der Waals surface area contributed by atoms with E-state index in [1.54, 1.807) is 7.11 Å². The molecule has 0 saturated carbocycles. The predicted octanol–water partition coefficient (Wildman–Crippen LogP) is 3.40. The number of nitrogens with one attached hydrogen (secondary N) is 1. The van der Waals surface area contributed by atoms with Gasteiger partial charge in [0.2, 0.25) is 0 Å². The van der Waals surface area contributed by atoms with Gasteiger partial charge in [0, 0.05) is 6.54 Å². The molecular formula is C19H26N2O2. The number of methoxy groups -OCH3 is 1. The van der Waals surface area contributed by atoms with Crippen LogP contribution in [0.1, 0.15) is 24.5 Å². The molecule has 0 amide bonds. The van der Waals surface area contributed by atoms with Crippen molar-refractivity contribution >= 4 is 5.69 Å². The summed E-state index contributed by atoms with van der Waals surface area (Å²) in [7, 11) is 1.68. The number of hydrogen-bond donors (Lipinski definition) is 2. The van der Waals surface area contributed by atoms with E-state index in [2.05, 4.69) is 23.5 Å². The molecule has 3 N–H and O–H groups in total. The van der Waals surface area contributed by atoms with Crippen LogP contribution in [0, 0.1) is 0 Å². The fraction of sp³-hybridized carbons (Fsp3) is 0.368. The highest BCUT2D eigenvalue weighted by Gasteiger charge is 2.01. The first-order valence-electron chi connectivity index (χ1n) is 8.07. The minimum atomic E-state index is 0.638. The van der Waals surface area contributed by atoms with Gasteiger partial charge in [-0.2, -0.15) is 0 Å². The summed E-state index contributed by atoms with van der Waals surface area (Å²) in [5.41, 5.74) is 9.21. The normalized spacial score (nSPS) is 10.5. The van der Waals surface area contributed by atoms with Crippen molar-refractivity contribution in [2.45, 2.75) is 26.3 Å². The standard InChI is InChI=1S/C19H26N2O2/c1-3-23-19-11-8-15(13-18(19)20)5-4-12-21-14-16-6-9-17(22-2)10-7-16/h6-11,13,21H,3-5,12,14,20H2,1-2H3. The maximum atomic E-state index is 5.99. The van der Waals surface area contributed by atoms with Crippen LogP contribution in [0.2, 0.25) is 0 Å². The molecular weight excluding hydrogens is 288 g/mol. The highest BCUT2D eigenvalue weighted by Crippen LogP contribution is 2.23. The minimum Gasteiger partial charge on any atom is -0.497 e. The molecule has 0 saturated heterocycles. The molecule has 4 heteroatoms. The van der Waals surface area contributed by atoms with Gasteiger partial charge in [0.25, 0.3) is 0 Å². The Bertz CT molecular complexity index is 597. The van der Waals surface area contributed by atoms with Gasteiger partial charge < -0.3 is 20.5 Å². The molecule has 2 aromatic rings. The molecule has 0 aliphatic heterocycles. The Morgan fingerprint density at radius 3 is 2.43 bits per heavy atom. The van der Waals surface area contributed by atoms with Crippen LogP contribution in [0.3, 0.4) is 0 Å². The van der Waals surface area contributed by atoms with Crippen LogP contribution in [-0.2, 0) is 13.0 Å². The van der Waals surface area contributed by atoms with Gasteiger partial charge in [0.15, 0.2) is 0 Å². The number of nitrogen functional groups attached to an aromatic ring is 1. The molecule has 124 valence electrons. The quantitative estimate of drug-likeness (QED) is 0.550. The van der Waals surface area contributed by atoms with Crippen molar-refractivity contribution in [2.24, 2.45) is 0 Å². The highest BCUT2D eigenvalue weighted by atomic mass is 16.5. The molecule has 0 aliphatic rings. The zero-order chi connectivity index (χ0) is 16.5. The number of hydrogen-bond acceptors (Lipinski definition) is 4. The van der Waals surface area contributed by atoms with Crippen LogP contribution in [0.5, 0.6) is 11.5 Å². The van der Waals surface area contributed by atoms with Gasteiger partial charge in [0.1, 0.15) is 11.5 Å². The van der Waals surface area contributed by atoms with Crippen LogP contribution < -0.4 is 20.5 Å². The number of rotatable bonds is 9. The van der Waals surface area contributed by atoms with E-state index < -0.39 is 0 Å². The van der Waals surface area contributed by atoms with Crippen LogP contribution in [0.25, 0.3) is 0 Å². The molecule has 0 atom stereocenters. The molecule has 2 aromatic carbocycles. The molecule has 0 heterocycles. The summed E-state index contributed by atoms with van der Waals surface area (Å²) >= 11 is 0. The molecule has 0 bridgehead atoms. The molecule has 0 unspecified atom stereocenters. The lowest BCUT2D eigenvalue weighted by molar-refractivity contribution is 0.342. The Kier molecular flexibility index (Phi) is 6.76. The number of nitrogens with two attached hydrogens (primary N) is 1. The second-order valence-corrected chi connectivity index (χ2v) is 5.43. The average Bonchev–Trinajstić information content (AvgIpc) is 2.57. The lowest BCUT2D eigenvalue weighted by Crippen LogP contribution is -2.15. The molecule has 0 aromatic heterocycles. The molecule has 0 spiro atoms. The van der Waals surface area contributed by atoms with E-state index in [1.807, 2.05) is 31.2 Å². The van der Waals surface area contributed by atoms with E-state index in [9.17, 15) is 0 Å². The number of aryl methyl sites for hydroxylation is 1. The van der Waals surface area contributed by atoms with E-state index in [4.69, 9.17) is 15.2 Å². The van der Waals surface area contributed by atoms with Gasteiger partial charge in [0.05, 0.1) is 19.4 Å². The molecule has 4 nitrogen and oxygen atoms in total. The van der Waals surface area contributed by atoms with Gasteiger partial charge in [-0.3, -0.25) is 0 Å². The molecule has 0 radical (unpaired) electrons. The first-order chi connectivity index (χ1) is 11.2. The Balaban J connectivity index is 1.69. The zero-order valence-corrected chi connectivity index (χ0v) is 14.0. The third kappa shape index (κ3) is 5.49. The van der Waals surface area contributed by atoms with E-state index in [0.29, 0.717) is 6.61 Å². The van der Waals surface area contributed by atoms with Gasteiger partial charge in [-0.05, 0) is 61.7 Å². The third-order valence-electron chi connectivity index (χ3n) is 3.68. The van der Waals surface area contributed by atoms with Crippen molar-refractivity contribution in [2.75, 3.05) is 26.0 Å². The Morgan fingerprint density at radius 2 is 1.78 bits per heavy atom. The second kappa shape index (κ2) is 9.06. The second-order valence-electron chi connectivity index (χ2n) is 5.43. The van der Waals surface area contributed by atoms with Crippen molar-refractivity contribution in [3.05, 3.63) is 53.6 Å². The summed E-state index contributed by atoms with van der Waals surface area (Å²) in [5.74, 6) is 1.66. The number of anilines is 1. The number of benzene rings is 2. The molecule has 0 fully saturated rings. The fourth-order valence-corrected chi connectivity index (χ4v) is 2.43. The van der Waals surface area contributed by atoms with E-state index in [1.165, 1.54) is 11.1 Å². The zero-order valence-electron chi connectivity index (χ0n) is 14.0. The SMILES string of the molecule is CCOc1ccc(CCCNCc2ccc(OC)cc2)cc1N. The first kappa shape index (κ1) is 17.2. The topological polar surface area (TPSA) is 56.5 Å². The summed E-state index contributed by atoms with van der Waals surface area (Å²) in [6.07, 6.45) is 2.08. The summed E-state index contributed by atoms with van der Waals surface area (Å²) in [6.45, 7) is 4.44. The van der Waals surface area contributed by atoms with Gasteiger partial charge >= 0.3 is 0 Å². The summed E-state index contributed by atoms with van der Waals surface area (Å²) < 4.78 is 10.6. The predicted molar refractivity (Wildman–Crippen MR) is 95.0 cm³/mol. The molecule has 0 aliphatic carbocycles. The van der Waals surface area contributed by atoms with Crippen LogP contribution in [0.15, 0.2) is 42.5 Å². The van der Waals surface area contributed by atoms with E-state index >= 15 is 0 Å². The monoisotopic (exact) mass is 314 g/mol. The van der Waals surface area contributed by atoms with E-state index in [-0.39, 0.29) is 0 Å². The smallest absolute Gasteiger partial charge is 0.142 e. The van der Waals surface area contributed by atoms with Gasteiger partial charge in [-0.25, -0.2) is 0 Å². The minimum absolute atomic E-state index is 0.638. The molecule has 2 rings (SSSR count). The van der Waals surface area contributed by atoms with E-state index in [0.717, 1.165) is 43.1 Å². The molecule has 23 heavy (non-hydrogen) atoms. The average molecular weight is 314 g/mol. The van der Waals surface area contributed by atoms with Crippen molar-refractivity contribution in [3.63, 3.8) is 0 Å². The van der Waals surface area contributed by atoms with Crippen LogP contribution >= 0.6 is 0 Å². The van der Waals surface area contributed by atoms with Gasteiger partial charge in [-0.1, -0.05) is 18.2 Å². The number of ether oxygens (including phenoxy) is 2. The maximum Gasteiger partial charge on any atom is 0.142 e. The Hall–Kier alpha value is -2.20. The largest absolute Gasteiger partial charge is 0.497 e. The Labute approximate surface area is 138 Å². The van der Waals surface area contributed by atoms with Gasteiger partial charge in [-0.15, -0.1) is 0 Å². The van der Waals surface area contributed by atoms with Crippen LogP contribution in [-0.4, -0.2) is 20.3 Å². The van der Waals surface area contributed by atoms with Crippen molar-refractivity contribution in [1.29, 1.82) is 0 Å². The van der Waals surface area contributed by atoms with Crippen LogP contribution in [0.4, 0.5) is 5.69 Å².